The van der Waals surface area contributed by atoms with E-state index in [0.717, 1.165) is 29.9 Å². The fourth-order valence-electron chi connectivity index (χ4n) is 3.83. The molecule has 6 nitrogen and oxygen atoms in total. The molecule has 2 aliphatic rings. The van der Waals surface area contributed by atoms with E-state index >= 15 is 0 Å². The summed E-state index contributed by atoms with van der Waals surface area (Å²) in [7, 11) is 0. The van der Waals surface area contributed by atoms with Gasteiger partial charge in [-0.15, -0.1) is 0 Å². The number of hydrogen-bond acceptors (Lipinski definition) is 5. The molecule has 2 heterocycles. The van der Waals surface area contributed by atoms with Crippen LogP contribution >= 0.6 is 0 Å². The second-order valence-corrected chi connectivity index (χ2v) is 7.09. The van der Waals surface area contributed by atoms with Gasteiger partial charge in [-0.3, -0.25) is 9.59 Å². The smallest absolute Gasteiger partial charge is 0.256 e. The number of morpholine rings is 1. The van der Waals surface area contributed by atoms with Crippen LogP contribution in [0.5, 0.6) is 0 Å². The highest BCUT2D eigenvalue weighted by molar-refractivity contribution is 6.22. The molecule has 0 radical (unpaired) electrons. The Morgan fingerprint density at radius 1 is 0.931 bits per heavy atom. The first-order chi connectivity index (χ1) is 14.2. The molecule has 0 spiro atoms. The standard InChI is InChI=1S/C23H19N3O3/c27-22-19-4-2-1-3-17(19)18-7-5-15(13-20(18)22)23(28)25-21-8-6-16(14-24-21)26-9-11-29-12-10-26/h1-8,13-14H,9-12H2,(H,24,25,28). The topological polar surface area (TPSA) is 71.5 Å². The monoisotopic (exact) mass is 385 g/mol. The molecule has 1 N–H and O–H groups in total. The SMILES string of the molecule is O=C(Nc1ccc(N2CCOCC2)cn1)c1ccc2c(c1)C(=O)c1ccccc1-2. The van der Waals surface area contributed by atoms with Crippen molar-refractivity contribution < 1.29 is 14.3 Å². The third kappa shape index (κ3) is 3.17. The van der Waals surface area contributed by atoms with Crippen LogP contribution in [-0.2, 0) is 4.74 Å². The van der Waals surface area contributed by atoms with E-state index in [1.165, 1.54) is 0 Å². The summed E-state index contributed by atoms with van der Waals surface area (Å²) in [6, 6.07) is 16.5. The van der Waals surface area contributed by atoms with Gasteiger partial charge in [-0.05, 0) is 35.4 Å². The number of benzene rings is 2. The van der Waals surface area contributed by atoms with Gasteiger partial charge in [0.1, 0.15) is 5.82 Å². The maximum absolute atomic E-state index is 12.7. The molecule has 1 aliphatic heterocycles. The average molecular weight is 385 g/mol. The Morgan fingerprint density at radius 3 is 2.45 bits per heavy atom. The van der Waals surface area contributed by atoms with Gasteiger partial charge in [-0.1, -0.05) is 30.3 Å². The van der Waals surface area contributed by atoms with Crippen molar-refractivity contribution in [3.8, 4) is 11.1 Å². The Balaban J connectivity index is 1.34. The molecule has 5 rings (SSSR count). The summed E-state index contributed by atoms with van der Waals surface area (Å²) in [5.74, 6) is 0.142. The zero-order valence-corrected chi connectivity index (χ0v) is 15.7. The van der Waals surface area contributed by atoms with E-state index in [0.29, 0.717) is 35.7 Å². The quantitative estimate of drug-likeness (QED) is 0.585. The second-order valence-electron chi connectivity index (χ2n) is 7.09. The number of pyridine rings is 1. The lowest BCUT2D eigenvalue weighted by atomic mass is 10.0. The summed E-state index contributed by atoms with van der Waals surface area (Å²) in [5.41, 5.74) is 4.47. The Labute approximate surface area is 168 Å². The lowest BCUT2D eigenvalue weighted by Crippen LogP contribution is -2.36. The predicted molar refractivity (Wildman–Crippen MR) is 111 cm³/mol. The molecule has 0 unspecified atom stereocenters. The summed E-state index contributed by atoms with van der Waals surface area (Å²) in [5, 5.41) is 2.81. The Morgan fingerprint density at radius 2 is 1.69 bits per heavy atom. The largest absolute Gasteiger partial charge is 0.378 e. The molecular formula is C23H19N3O3. The summed E-state index contributed by atoms with van der Waals surface area (Å²) in [4.78, 5) is 31.9. The highest BCUT2D eigenvalue weighted by Crippen LogP contribution is 2.36. The highest BCUT2D eigenvalue weighted by atomic mass is 16.5. The summed E-state index contributed by atoms with van der Waals surface area (Å²) >= 11 is 0. The number of hydrogen-bond donors (Lipinski definition) is 1. The van der Waals surface area contributed by atoms with Crippen molar-refractivity contribution in [2.75, 3.05) is 36.5 Å². The first-order valence-electron chi connectivity index (χ1n) is 9.59. The first-order valence-corrected chi connectivity index (χ1v) is 9.59. The van der Waals surface area contributed by atoms with Crippen LogP contribution in [0, 0.1) is 0 Å². The van der Waals surface area contributed by atoms with Crippen molar-refractivity contribution in [2.24, 2.45) is 0 Å². The van der Waals surface area contributed by atoms with E-state index < -0.39 is 0 Å². The third-order valence-corrected chi connectivity index (χ3v) is 5.35. The number of fused-ring (bicyclic) bond motifs is 3. The van der Waals surface area contributed by atoms with Gasteiger partial charge in [0.2, 0.25) is 0 Å². The van der Waals surface area contributed by atoms with E-state index in [1.807, 2.05) is 36.4 Å². The van der Waals surface area contributed by atoms with Crippen LogP contribution in [-0.4, -0.2) is 43.0 Å². The summed E-state index contributed by atoms with van der Waals surface area (Å²) < 4.78 is 5.36. The van der Waals surface area contributed by atoms with Crippen molar-refractivity contribution in [3.63, 3.8) is 0 Å². The van der Waals surface area contributed by atoms with E-state index in [-0.39, 0.29) is 11.7 Å². The molecule has 3 aromatic rings. The van der Waals surface area contributed by atoms with Gasteiger partial charge in [0.15, 0.2) is 5.78 Å². The average Bonchev–Trinajstić information content (AvgIpc) is 3.07. The van der Waals surface area contributed by atoms with Crippen molar-refractivity contribution >= 4 is 23.2 Å². The van der Waals surface area contributed by atoms with Crippen LogP contribution in [0.4, 0.5) is 11.5 Å². The van der Waals surface area contributed by atoms with Gasteiger partial charge in [0.05, 0.1) is 25.1 Å². The van der Waals surface area contributed by atoms with Crippen LogP contribution < -0.4 is 10.2 Å². The molecule has 1 amide bonds. The number of anilines is 2. The predicted octanol–water partition coefficient (Wildman–Crippen LogP) is 3.38. The second kappa shape index (κ2) is 7.14. The Hall–Kier alpha value is -3.51. The van der Waals surface area contributed by atoms with E-state index in [9.17, 15) is 9.59 Å². The number of aromatic nitrogens is 1. The lowest BCUT2D eigenvalue weighted by Gasteiger charge is -2.28. The van der Waals surface area contributed by atoms with Crippen molar-refractivity contribution in [3.05, 3.63) is 77.5 Å². The van der Waals surface area contributed by atoms with Crippen LogP contribution in [0.3, 0.4) is 0 Å². The fraction of sp³-hybridized carbons (Fsp3) is 0.174. The van der Waals surface area contributed by atoms with Gasteiger partial charge in [0, 0.05) is 29.8 Å². The first kappa shape index (κ1) is 17.6. The number of amides is 1. The maximum atomic E-state index is 12.7. The number of carbonyl (C=O) groups is 2. The van der Waals surface area contributed by atoms with E-state index in [4.69, 9.17) is 4.74 Å². The molecule has 144 valence electrons. The van der Waals surface area contributed by atoms with Crippen molar-refractivity contribution in [2.45, 2.75) is 0 Å². The van der Waals surface area contributed by atoms with Gasteiger partial charge in [-0.25, -0.2) is 4.98 Å². The number of nitrogens with zero attached hydrogens (tertiary/aromatic N) is 2. The molecule has 0 saturated carbocycles. The number of rotatable bonds is 3. The van der Waals surface area contributed by atoms with Crippen LogP contribution in [0.2, 0.25) is 0 Å². The van der Waals surface area contributed by atoms with E-state index in [1.54, 1.807) is 24.4 Å². The van der Waals surface area contributed by atoms with Gasteiger partial charge in [0.25, 0.3) is 5.91 Å². The van der Waals surface area contributed by atoms with E-state index in [2.05, 4.69) is 15.2 Å². The Kier molecular flexibility index (Phi) is 4.33. The lowest BCUT2D eigenvalue weighted by molar-refractivity contribution is 0.102. The summed E-state index contributed by atoms with van der Waals surface area (Å²) in [6.07, 6.45) is 1.75. The zero-order valence-electron chi connectivity index (χ0n) is 15.7. The highest BCUT2D eigenvalue weighted by Gasteiger charge is 2.27. The molecular weight excluding hydrogens is 366 g/mol. The van der Waals surface area contributed by atoms with Crippen molar-refractivity contribution in [1.29, 1.82) is 0 Å². The number of carbonyl (C=O) groups excluding carboxylic acids is 2. The number of nitrogens with one attached hydrogen (secondary N) is 1. The molecule has 2 aromatic carbocycles. The molecule has 1 aromatic heterocycles. The van der Waals surface area contributed by atoms with Crippen molar-refractivity contribution in [1.82, 2.24) is 4.98 Å². The molecule has 0 bridgehead atoms. The maximum Gasteiger partial charge on any atom is 0.256 e. The third-order valence-electron chi connectivity index (χ3n) is 5.35. The minimum absolute atomic E-state index is 0.0433. The number of ether oxygens (including phenoxy) is 1. The normalized spacial score (nSPS) is 15.0. The van der Waals surface area contributed by atoms with Gasteiger partial charge >= 0.3 is 0 Å². The minimum atomic E-state index is -0.289. The van der Waals surface area contributed by atoms with Crippen LogP contribution in [0.25, 0.3) is 11.1 Å². The molecule has 1 fully saturated rings. The summed E-state index contributed by atoms with van der Waals surface area (Å²) in [6.45, 7) is 3.08. The van der Waals surface area contributed by atoms with Gasteiger partial charge in [-0.2, -0.15) is 0 Å². The van der Waals surface area contributed by atoms with Crippen LogP contribution in [0.1, 0.15) is 26.3 Å². The molecule has 6 heteroatoms. The number of ketones is 1. The van der Waals surface area contributed by atoms with Gasteiger partial charge < -0.3 is 15.0 Å². The fourth-order valence-corrected chi connectivity index (χ4v) is 3.83. The molecule has 29 heavy (non-hydrogen) atoms. The molecule has 1 saturated heterocycles. The molecule has 1 aliphatic carbocycles. The Bertz CT molecular complexity index is 1100. The molecule has 0 atom stereocenters. The minimum Gasteiger partial charge on any atom is -0.378 e. The zero-order chi connectivity index (χ0) is 19.8. The van der Waals surface area contributed by atoms with Crippen LogP contribution in [0.15, 0.2) is 60.8 Å².